The molecule has 28 heavy (non-hydrogen) atoms. The van der Waals surface area contributed by atoms with Gasteiger partial charge in [-0.25, -0.2) is 0 Å². The Bertz CT molecular complexity index is 834. The lowest BCUT2D eigenvalue weighted by atomic mass is 10.2. The van der Waals surface area contributed by atoms with Crippen molar-refractivity contribution in [2.75, 3.05) is 6.61 Å². The van der Waals surface area contributed by atoms with Gasteiger partial charge in [0, 0.05) is 22.2 Å². The maximum absolute atomic E-state index is 8.56. The summed E-state index contributed by atoms with van der Waals surface area (Å²) in [5, 5.41) is 17.1. The van der Waals surface area contributed by atoms with Gasteiger partial charge in [-0.1, -0.05) is 58.0 Å². The zero-order valence-corrected chi connectivity index (χ0v) is 18.0. The molecular weight excluding hydrogens is 436 g/mol. The third kappa shape index (κ3) is 8.59. The van der Waals surface area contributed by atoms with Gasteiger partial charge in [0.05, 0.1) is 18.9 Å². The lowest BCUT2D eigenvalue weighted by Gasteiger charge is -2.09. The quantitative estimate of drug-likeness (QED) is 0.220. The van der Waals surface area contributed by atoms with Crippen LogP contribution in [0.1, 0.15) is 36.8 Å². The highest BCUT2D eigenvalue weighted by Gasteiger charge is 2.03. The number of thioether (sulfide) groups is 1. The van der Waals surface area contributed by atoms with Gasteiger partial charge < -0.3 is 10.5 Å². The predicted molar refractivity (Wildman–Crippen MR) is 121 cm³/mol. The molecule has 0 aliphatic carbocycles. The minimum atomic E-state index is 0.412. The predicted octanol–water partition coefficient (Wildman–Crippen LogP) is 5.49. The Kier molecular flexibility index (Phi) is 10.2. The molecule has 0 radical (unpaired) electrons. The van der Waals surface area contributed by atoms with E-state index in [1.807, 2.05) is 36.4 Å². The number of ether oxygens (including phenoxy) is 1. The number of nitrogens with two attached hydrogens (primary N) is 1. The molecule has 7 heteroatoms. The number of amidine groups is 1. The highest BCUT2D eigenvalue weighted by Crippen LogP contribution is 2.22. The topological polar surface area (TPSA) is 83.8 Å². The Morgan fingerprint density at radius 1 is 1.18 bits per heavy atom. The number of nitriles is 1. The highest BCUT2D eigenvalue weighted by atomic mass is 79.9. The summed E-state index contributed by atoms with van der Waals surface area (Å²) in [7, 11) is 0. The maximum Gasteiger partial charge on any atom is 0.180 e. The van der Waals surface area contributed by atoms with Crippen LogP contribution < -0.4 is 10.5 Å². The summed E-state index contributed by atoms with van der Waals surface area (Å²) in [6, 6.07) is 18.0. The second-order valence-electron chi connectivity index (χ2n) is 5.96. The summed E-state index contributed by atoms with van der Waals surface area (Å²) >= 11 is 4.91. The number of benzene rings is 2. The first-order valence-corrected chi connectivity index (χ1v) is 10.8. The number of unbranched alkanes of at least 4 members (excludes halogenated alkanes) is 3. The van der Waals surface area contributed by atoms with Crippen molar-refractivity contribution in [3.63, 3.8) is 0 Å². The lowest BCUT2D eigenvalue weighted by Crippen LogP contribution is -2.06. The van der Waals surface area contributed by atoms with Crippen molar-refractivity contribution in [1.82, 2.24) is 0 Å². The van der Waals surface area contributed by atoms with Crippen LogP contribution in [0.4, 0.5) is 0 Å². The number of hydrogen-bond acceptors (Lipinski definition) is 5. The van der Waals surface area contributed by atoms with Crippen LogP contribution in [0.5, 0.6) is 5.75 Å². The van der Waals surface area contributed by atoms with E-state index in [1.54, 1.807) is 6.21 Å². The van der Waals surface area contributed by atoms with Gasteiger partial charge >= 0.3 is 0 Å². The van der Waals surface area contributed by atoms with Gasteiger partial charge in [0.2, 0.25) is 0 Å². The van der Waals surface area contributed by atoms with Crippen molar-refractivity contribution >= 4 is 39.1 Å². The Hall–Kier alpha value is -2.30. The van der Waals surface area contributed by atoms with Crippen LogP contribution in [0.3, 0.4) is 0 Å². The zero-order chi connectivity index (χ0) is 20.0. The molecule has 2 aromatic carbocycles. The summed E-state index contributed by atoms with van der Waals surface area (Å²) < 4.78 is 6.79. The smallest absolute Gasteiger partial charge is 0.180 e. The van der Waals surface area contributed by atoms with E-state index in [9.17, 15) is 0 Å². The Morgan fingerprint density at radius 3 is 2.79 bits per heavy atom. The van der Waals surface area contributed by atoms with E-state index < -0.39 is 0 Å². The summed E-state index contributed by atoms with van der Waals surface area (Å²) in [5.74, 6) is 1.50. The van der Waals surface area contributed by atoms with Gasteiger partial charge in [-0.05, 0) is 43.0 Å². The Morgan fingerprint density at radius 2 is 2.00 bits per heavy atom. The molecule has 0 heterocycles. The average Bonchev–Trinajstić information content (AvgIpc) is 2.71. The van der Waals surface area contributed by atoms with Crippen molar-refractivity contribution < 1.29 is 4.74 Å². The Balaban J connectivity index is 1.88. The first-order chi connectivity index (χ1) is 13.7. The molecule has 0 saturated carbocycles. The highest BCUT2D eigenvalue weighted by molar-refractivity contribution is 9.10. The molecule has 0 amide bonds. The summed E-state index contributed by atoms with van der Waals surface area (Å²) in [6.07, 6.45) is 5.04. The second kappa shape index (κ2) is 13.0. The van der Waals surface area contributed by atoms with Crippen LogP contribution in [-0.2, 0) is 5.75 Å². The fourth-order valence-electron chi connectivity index (χ4n) is 2.33. The fourth-order valence-corrected chi connectivity index (χ4v) is 3.32. The van der Waals surface area contributed by atoms with E-state index >= 15 is 0 Å². The molecule has 0 bridgehead atoms. The van der Waals surface area contributed by atoms with Crippen molar-refractivity contribution in [2.45, 2.75) is 31.4 Å². The monoisotopic (exact) mass is 458 g/mol. The van der Waals surface area contributed by atoms with Crippen LogP contribution in [0.2, 0.25) is 0 Å². The molecule has 146 valence electrons. The van der Waals surface area contributed by atoms with E-state index in [2.05, 4.69) is 44.3 Å². The van der Waals surface area contributed by atoms with Crippen LogP contribution >= 0.6 is 27.7 Å². The lowest BCUT2D eigenvalue weighted by molar-refractivity contribution is 0.305. The zero-order valence-electron chi connectivity index (χ0n) is 15.6. The van der Waals surface area contributed by atoms with Gasteiger partial charge in [0.25, 0.3) is 0 Å². The minimum Gasteiger partial charge on any atom is -0.493 e. The molecule has 0 spiro atoms. The molecule has 0 unspecified atom stereocenters. The molecule has 0 aliphatic rings. The van der Waals surface area contributed by atoms with E-state index in [1.165, 1.54) is 17.3 Å². The normalized spacial score (nSPS) is 11.5. The summed E-state index contributed by atoms with van der Waals surface area (Å²) in [4.78, 5) is 0. The molecule has 2 N–H and O–H groups in total. The van der Waals surface area contributed by atoms with Crippen molar-refractivity contribution in [2.24, 2.45) is 15.9 Å². The molecule has 2 rings (SSSR count). The van der Waals surface area contributed by atoms with Gasteiger partial charge in [0.1, 0.15) is 5.75 Å². The van der Waals surface area contributed by atoms with Crippen molar-refractivity contribution in [3.05, 3.63) is 64.1 Å². The number of halogens is 1. The number of rotatable bonds is 10. The number of nitrogens with zero attached hydrogens (tertiary/aromatic N) is 3. The van der Waals surface area contributed by atoms with E-state index in [-0.39, 0.29) is 0 Å². The van der Waals surface area contributed by atoms with Crippen molar-refractivity contribution in [3.8, 4) is 11.8 Å². The van der Waals surface area contributed by atoms with Crippen LogP contribution in [0.15, 0.2) is 63.2 Å². The maximum atomic E-state index is 8.56. The standard InChI is InChI=1S/C21H23BrN4OS/c22-19-10-11-20(27-13-7-2-1-6-12-23)18(14-19)15-25-26-21(24)28-16-17-8-4-3-5-9-17/h3-5,8-11,14-15H,1-2,6-7,13,16H2,(H2,24,26). The van der Waals surface area contributed by atoms with Crippen LogP contribution in [0.25, 0.3) is 0 Å². The van der Waals surface area contributed by atoms with Gasteiger partial charge in [-0.15, -0.1) is 5.10 Å². The Labute approximate surface area is 178 Å². The molecular formula is C21H23BrN4OS. The molecule has 0 atom stereocenters. The van der Waals surface area contributed by atoms with E-state index in [4.69, 9.17) is 15.7 Å². The van der Waals surface area contributed by atoms with Crippen LogP contribution in [0, 0.1) is 11.3 Å². The molecule has 2 aromatic rings. The SMILES string of the molecule is N#CCCCCCOc1ccc(Br)cc1C=NN=C(N)SCc1ccccc1. The number of hydrogen-bond donors (Lipinski definition) is 1. The van der Waals surface area contributed by atoms with E-state index in [0.717, 1.165) is 40.8 Å². The first-order valence-electron chi connectivity index (χ1n) is 9.01. The molecule has 5 nitrogen and oxygen atoms in total. The second-order valence-corrected chi connectivity index (χ2v) is 7.87. The molecule has 0 fully saturated rings. The summed E-state index contributed by atoms with van der Waals surface area (Å²) in [6.45, 7) is 0.603. The van der Waals surface area contributed by atoms with Gasteiger partial charge in [-0.3, -0.25) is 0 Å². The minimum absolute atomic E-state index is 0.412. The largest absolute Gasteiger partial charge is 0.493 e. The van der Waals surface area contributed by atoms with Crippen LogP contribution in [-0.4, -0.2) is 18.0 Å². The molecule has 0 aliphatic heterocycles. The molecule has 0 saturated heterocycles. The van der Waals surface area contributed by atoms with Gasteiger partial charge in [0.15, 0.2) is 5.17 Å². The third-order valence-electron chi connectivity index (χ3n) is 3.74. The first kappa shape index (κ1) is 22.0. The summed E-state index contributed by atoms with van der Waals surface area (Å²) in [5.41, 5.74) is 7.94. The van der Waals surface area contributed by atoms with Gasteiger partial charge in [-0.2, -0.15) is 10.4 Å². The average molecular weight is 459 g/mol. The molecule has 0 aromatic heterocycles. The third-order valence-corrected chi connectivity index (χ3v) is 5.09. The van der Waals surface area contributed by atoms with E-state index in [0.29, 0.717) is 18.2 Å². The van der Waals surface area contributed by atoms with Crippen molar-refractivity contribution in [1.29, 1.82) is 5.26 Å². The fraction of sp³-hybridized carbons (Fsp3) is 0.286.